The molecule has 1 aromatic rings. The molecule has 10 heteroatoms. The van der Waals surface area contributed by atoms with Gasteiger partial charge in [-0.2, -0.15) is 18.7 Å². The third-order valence-corrected chi connectivity index (χ3v) is 3.10. The summed E-state index contributed by atoms with van der Waals surface area (Å²) in [5.74, 6) is 0. The number of pyridine rings is 1. The first-order valence-electron chi connectivity index (χ1n) is 6.03. The van der Waals surface area contributed by atoms with Gasteiger partial charge in [0.25, 0.3) is 15.7 Å². The highest BCUT2D eigenvalue weighted by Gasteiger charge is 2.24. The highest BCUT2D eigenvalue weighted by atomic mass is 32.2. The van der Waals surface area contributed by atoms with Crippen LogP contribution in [0.15, 0.2) is 28.0 Å². The second-order valence-electron chi connectivity index (χ2n) is 5.22. The molecular weight excluding hydrogens is 314 g/mol. The molecule has 22 heavy (non-hydrogen) atoms. The van der Waals surface area contributed by atoms with Gasteiger partial charge < -0.3 is 4.74 Å². The van der Waals surface area contributed by atoms with E-state index in [1.807, 2.05) is 0 Å². The summed E-state index contributed by atoms with van der Waals surface area (Å²) in [7, 11) is -4.54. The molecule has 0 fully saturated rings. The summed E-state index contributed by atoms with van der Waals surface area (Å²) in [5, 5.41) is 9.48. The van der Waals surface area contributed by atoms with Gasteiger partial charge in [0.1, 0.15) is 17.0 Å². The van der Waals surface area contributed by atoms with Crippen molar-refractivity contribution in [3.8, 4) is 6.07 Å². The van der Waals surface area contributed by atoms with Gasteiger partial charge in [-0.3, -0.25) is 9.35 Å². The number of rotatable bonds is 3. The van der Waals surface area contributed by atoms with E-state index in [-0.39, 0.29) is 0 Å². The first kappa shape index (κ1) is 17.7. The summed E-state index contributed by atoms with van der Waals surface area (Å²) in [5.41, 5.74) is -1.76. The molecule has 1 amide bonds. The molecule has 0 saturated heterocycles. The number of ether oxygens (including phenoxy) is 1. The zero-order chi connectivity index (χ0) is 17.1. The second-order valence-corrected chi connectivity index (χ2v) is 6.64. The number of nitrogens with zero attached hydrogens (tertiary/aromatic N) is 3. The monoisotopic (exact) mass is 329 g/mol. The number of amides is 1. The summed E-state index contributed by atoms with van der Waals surface area (Å²) in [6.07, 6.45) is 0.00271. The van der Waals surface area contributed by atoms with Crippen LogP contribution in [0.3, 0.4) is 0 Å². The Hall–Kier alpha value is -2.38. The van der Waals surface area contributed by atoms with Gasteiger partial charge in [0.2, 0.25) is 0 Å². The zero-order valence-electron chi connectivity index (χ0n) is 12.2. The molecule has 0 spiro atoms. The Morgan fingerprint density at radius 3 is 2.50 bits per heavy atom. The van der Waals surface area contributed by atoms with Crippen LogP contribution < -0.4 is 10.6 Å². The quantitative estimate of drug-likeness (QED) is 0.631. The predicted molar refractivity (Wildman–Crippen MR) is 75.4 cm³/mol. The van der Waals surface area contributed by atoms with E-state index in [4.69, 9.17) is 14.6 Å². The lowest BCUT2D eigenvalue weighted by Crippen LogP contribution is -2.48. The van der Waals surface area contributed by atoms with E-state index in [0.717, 1.165) is 16.9 Å². The van der Waals surface area contributed by atoms with E-state index in [2.05, 4.69) is 0 Å². The highest BCUT2D eigenvalue weighted by molar-refractivity contribution is 7.85. The van der Waals surface area contributed by atoms with Crippen molar-refractivity contribution in [1.29, 1.82) is 5.26 Å². The number of carbonyl (C=O) groups excluding carboxylic acids is 1. The molecule has 0 unspecified atom stereocenters. The molecule has 0 aliphatic rings. The minimum Gasteiger partial charge on any atom is -0.442 e. The summed E-state index contributed by atoms with van der Waals surface area (Å²) < 4.78 is 36.6. The molecule has 0 aromatic carbocycles. The highest BCUT2D eigenvalue weighted by Crippen LogP contribution is 2.10. The van der Waals surface area contributed by atoms with Crippen LogP contribution in [-0.2, 0) is 14.9 Å². The van der Waals surface area contributed by atoms with Gasteiger partial charge in [-0.15, -0.1) is 0 Å². The third-order valence-electron chi connectivity index (χ3n) is 2.25. The Kier molecular flexibility index (Phi) is 4.95. The summed E-state index contributed by atoms with van der Waals surface area (Å²) in [6.45, 7) is 4.35. The van der Waals surface area contributed by atoms with E-state index in [9.17, 15) is 18.0 Å². The van der Waals surface area contributed by atoms with Crippen molar-refractivity contribution in [2.45, 2.75) is 31.3 Å². The van der Waals surface area contributed by atoms with Crippen molar-refractivity contribution in [3.05, 3.63) is 28.7 Å². The Balaban J connectivity index is 3.27. The minimum atomic E-state index is -4.54. The van der Waals surface area contributed by atoms with Gasteiger partial charge in [0.05, 0.1) is 6.07 Å². The van der Waals surface area contributed by atoms with E-state index in [0.29, 0.717) is 11.1 Å². The van der Waals surface area contributed by atoms with Crippen molar-refractivity contribution in [3.63, 3.8) is 0 Å². The molecule has 0 aliphatic heterocycles. The Labute approximate surface area is 127 Å². The fourth-order valence-electron chi connectivity index (χ4n) is 1.42. The molecule has 0 saturated carbocycles. The summed E-state index contributed by atoms with van der Waals surface area (Å²) >= 11 is 0. The molecule has 1 heterocycles. The fraction of sp³-hybridized carbons (Fsp3) is 0.417. The van der Waals surface area contributed by atoms with Crippen LogP contribution in [0.2, 0.25) is 0 Å². The van der Waals surface area contributed by atoms with Crippen molar-refractivity contribution in [1.82, 2.24) is 4.68 Å². The van der Waals surface area contributed by atoms with Gasteiger partial charge in [-0.1, -0.05) is 0 Å². The molecule has 0 radical (unpaired) electrons. The maximum Gasteiger partial charge on any atom is 0.430 e. The minimum absolute atomic E-state index is 0.486. The van der Waals surface area contributed by atoms with E-state index < -0.39 is 38.8 Å². The van der Waals surface area contributed by atoms with Crippen LogP contribution in [0, 0.1) is 11.3 Å². The lowest BCUT2D eigenvalue weighted by Gasteiger charge is -2.26. The Morgan fingerprint density at radius 1 is 1.50 bits per heavy atom. The van der Waals surface area contributed by atoms with Crippen LogP contribution in [0.25, 0.3) is 0 Å². The average molecular weight is 329 g/mol. The first-order valence-corrected chi connectivity index (χ1v) is 7.47. The SMILES string of the molecule is CC(C)(C)OC(=O)N(CC#N)n1ccc(S(=O)(=O)O)cc1=O. The molecule has 0 aliphatic carbocycles. The van der Waals surface area contributed by atoms with Crippen LogP contribution in [0.1, 0.15) is 20.8 Å². The maximum atomic E-state index is 12.0. The number of carbonyl (C=O) groups is 1. The third kappa shape index (κ3) is 4.57. The fourth-order valence-corrected chi connectivity index (χ4v) is 1.91. The van der Waals surface area contributed by atoms with E-state index in [1.165, 1.54) is 0 Å². The van der Waals surface area contributed by atoms with Gasteiger partial charge in [0, 0.05) is 12.3 Å². The number of hydrogen-bond donors (Lipinski definition) is 1. The van der Waals surface area contributed by atoms with Crippen LogP contribution in [-0.4, -0.2) is 35.9 Å². The normalized spacial score (nSPS) is 11.6. The van der Waals surface area contributed by atoms with E-state index >= 15 is 0 Å². The smallest absolute Gasteiger partial charge is 0.430 e. The molecule has 120 valence electrons. The van der Waals surface area contributed by atoms with Gasteiger partial charge in [-0.05, 0) is 26.8 Å². The lowest BCUT2D eigenvalue weighted by molar-refractivity contribution is 0.0542. The molecule has 1 rings (SSSR count). The Bertz CT molecular complexity index is 769. The molecule has 1 aromatic heterocycles. The molecule has 1 N–H and O–H groups in total. The number of aromatic nitrogens is 1. The largest absolute Gasteiger partial charge is 0.442 e. The topological polar surface area (TPSA) is 130 Å². The second kappa shape index (κ2) is 6.17. The van der Waals surface area contributed by atoms with E-state index in [1.54, 1.807) is 26.8 Å². The predicted octanol–water partition coefficient (Wildman–Crippen LogP) is 0.492. The van der Waals surface area contributed by atoms with Crippen molar-refractivity contribution >= 4 is 16.2 Å². The van der Waals surface area contributed by atoms with Gasteiger partial charge in [-0.25, -0.2) is 9.47 Å². The number of hydrogen-bond acceptors (Lipinski definition) is 6. The van der Waals surface area contributed by atoms with Gasteiger partial charge in [0.15, 0.2) is 0 Å². The summed E-state index contributed by atoms with van der Waals surface area (Å²) in [4.78, 5) is 23.3. The number of nitriles is 1. The maximum absolute atomic E-state index is 12.0. The van der Waals surface area contributed by atoms with Crippen LogP contribution in [0.4, 0.5) is 4.79 Å². The van der Waals surface area contributed by atoms with Crippen LogP contribution in [0.5, 0.6) is 0 Å². The molecule has 9 nitrogen and oxygen atoms in total. The lowest BCUT2D eigenvalue weighted by atomic mass is 10.2. The van der Waals surface area contributed by atoms with Crippen molar-refractivity contribution in [2.24, 2.45) is 0 Å². The van der Waals surface area contributed by atoms with Gasteiger partial charge >= 0.3 is 6.09 Å². The summed E-state index contributed by atoms with van der Waals surface area (Å²) in [6, 6.07) is 3.25. The van der Waals surface area contributed by atoms with Crippen molar-refractivity contribution in [2.75, 3.05) is 11.6 Å². The molecule has 0 atom stereocenters. The first-order chi connectivity index (χ1) is 9.95. The zero-order valence-corrected chi connectivity index (χ0v) is 13.0. The van der Waals surface area contributed by atoms with Crippen LogP contribution >= 0.6 is 0 Å². The van der Waals surface area contributed by atoms with Crippen molar-refractivity contribution < 1.29 is 22.5 Å². The molecule has 0 bridgehead atoms. The Morgan fingerprint density at radius 2 is 2.09 bits per heavy atom. The average Bonchev–Trinajstić information content (AvgIpc) is 2.33. The standard InChI is InChI=1S/C12H15N3O6S/c1-12(2,3)21-11(17)15(7-5-13)14-6-4-9(8-10(14)16)22(18,19)20/h4,6,8H,7H2,1-3H3,(H,18,19,20). The molecular formula is C12H15N3O6S.